The average Bonchev–Trinajstić information content (AvgIpc) is 3.12. The maximum Gasteiger partial charge on any atom is 0.228 e. The number of fused-ring (bicyclic) bond motifs is 1. The van der Waals surface area contributed by atoms with Crippen LogP contribution in [0.2, 0.25) is 5.02 Å². The molecule has 0 saturated heterocycles. The number of rotatable bonds is 5. The lowest BCUT2D eigenvalue weighted by Gasteiger charge is -2.09. The Morgan fingerprint density at radius 2 is 2.20 bits per heavy atom. The molecule has 0 atom stereocenters. The number of benzene rings is 1. The van der Waals surface area contributed by atoms with E-state index in [-0.39, 0.29) is 11.8 Å². The fraction of sp³-hybridized carbons (Fsp3) is 0.429. The van der Waals surface area contributed by atoms with Gasteiger partial charge in [-0.15, -0.1) is 0 Å². The number of halogens is 1. The van der Waals surface area contributed by atoms with E-state index in [1.165, 1.54) is 12.8 Å². The molecule has 0 bridgehead atoms. The van der Waals surface area contributed by atoms with Gasteiger partial charge in [0, 0.05) is 24.7 Å². The van der Waals surface area contributed by atoms with Crippen molar-refractivity contribution in [2.45, 2.75) is 31.7 Å². The molecule has 6 heteroatoms. The maximum absolute atomic E-state index is 11.8. The highest BCUT2D eigenvalue weighted by Gasteiger charge is 2.21. The molecular weight excluding hydrogens is 278 g/mol. The molecule has 1 fully saturated rings. The molecule has 1 aromatic carbocycles. The Kier molecular flexibility index (Phi) is 3.63. The lowest BCUT2D eigenvalue weighted by Crippen LogP contribution is -2.23. The van der Waals surface area contributed by atoms with Crippen molar-refractivity contribution in [3.05, 3.63) is 22.7 Å². The fourth-order valence-corrected chi connectivity index (χ4v) is 2.44. The first-order valence-electron chi connectivity index (χ1n) is 6.77. The van der Waals surface area contributed by atoms with E-state index in [1.54, 1.807) is 12.1 Å². The summed E-state index contributed by atoms with van der Waals surface area (Å²) in [5, 5.41) is 9.25. The van der Waals surface area contributed by atoms with Crippen LogP contribution >= 0.6 is 11.6 Å². The smallest absolute Gasteiger partial charge is 0.228 e. The zero-order valence-electron chi connectivity index (χ0n) is 11.0. The molecule has 2 amide bonds. The number of amides is 2. The van der Waals surface area contributed by atoms with E-state index in [1.807, 2.05) is 0 Å². The van der Waals surface area contributed by atoms with Gasteiger partial charge in [-0.2, -0.15) is 0 Å². The molecule has 0 unspecified atom stereocenters. The standard InChI is InChI=1S/C14H16ClN3O2/c15-10-7-11-8(6-14(20)17-11)5-12(10)18-13(19)3-4-16-9-1-2-9/h5,7,9,16H,1-4,6H2,(H,17,20)(H,18,19). The second-order valence-corrected chi connectivity index (χ2v) is 5.65. The first-order chi connectivity index (χ1) is 9.61. The highest BCUT2D eigenvalue weighted by molar-refractivity contribution is 6.34. The third-order valence-electron chi connectivity index (χ3n) is 3.45. The number of carbonyl (C=O) groups excluding carboxylic acids is 2. The van der Waals surface area contributed by atoms with Crippen LogP contribution in [0.15, 0.2) is 12.1 Å². The van der Waals surface area contributed by atoms with Crippen LogP contribution in [0.5, 0.6) is 0 Å². The largest absolute Gasteiger partial charge is 0.325 e. The molecule has 5 nitrogen and oxygen atoms in total. The maximum atomic E-state index is 11.8. The van der Waals surface area contributed by atoms with Gasteiger partial charge in [0.2, 0.25) is 11.8 Å². The van der Waals surface area contributed by atoms with Crippen LogP contribution in [0.25, 0.3) is 0 Å². The van der Waals surface area contributed by atoms with Crippen LogP contribution in [0.4, 0.5) is 11.4 Å². The molecule has 1 heterocycles. The Morgan fingerprint density at radius 3 is 2.95 bits per heavy atom. The van der Waals surface area contributed by atoms with Crippen LogP contribution < -0.4 is 16.0 Å². The molecule has 2 aliphatic rings. The van der Waals surface area contributed by atoms with E-state index in [9.17, 15) is 9.59 Å². The quantitative estimate of drug-likeness (QED) is 0.777. The molecule has 1 aromatic rings. The van der Waals surface area contributed by atoms with Crippen molar-refractivity contribution in [2.24, 2.45) is 0 Å². The van der Waals surface area contributed by atoms with Gasteiger partial charge in [-0.1, -0.05) is 11.6 Å². The summed E-state index contributed by atoms with van der Waals surface area (Å²) in [6, 6.07) is 4.05. The van der Waals surface area contributed by atoms with Gasteiger partial charge in [0.15, 0.2) is 0 Å². The molecule has 1 aliphatic heterocycles. The molecule has 3 rings (SSSR count). The Hall–Kier alpha value is -1.59. The Morgan fingerprint density at radius 1 is 1.40 bits per heavy atom. The Bertz CT molecular complexity index is 570. The van der Waals surface area contributed by atoms with Crippen molar-refractivity contribution < 1.29 is 9.59 Å². The van der Waals surface area contributed by atoms with Crippen molar-refractivity contribution in [3.8, 4) is 0 Å². The van der Waals surface area contributed by atoms with E-state index < -0.39 is 0 Å². The second-order valence-electron chi connectivity index (χ2n) is 5.24. The third kappa shape index (κ3) is 3.11. The highest BCUT2D eigenvalue weighted by Crippen LogP contribution is 2.32. The Balaban J connectivity index is 1.60. The van der Waals surface area contributed by atoms with Crippen molar-refractivity contribution in [3.63, 3.8) is 0 Å². The molecule has 0 radical (unpaired) electrons. The summed E-state index contributed by atoms with van der Waals surface area (Å²) in [5.41, 5.74) is 2.16. The van der Waals surface area contributed by atoms with Gasteiger partial charge in [-0.25, -0.2) is 0 Å². The van der Waals surface area contributed by atoms with E-state index in [4.69, 9.17) is 11.6 Å². The van der Waals surface area contributed by atoms with E-state index in [2.05, 4.69) is 16.0 Å². The molecule has 106 valence electrons. The van der Waals surface area contributed by atoms with E-state index in [0.29, 0.717) is 36.1 Å². The topological polar surface area (TPSA) is 70.2 Å². The summed E-state index contributed by atoms with van der Waals surface area (Å²) in [5.74, 6) is -0.120. The van der Waals surface area contributed by atoms with Gasteiger partial charge >= 0.3 is 0 Å². The van der Waals surface area contributed by atoms with Gasteiger partial charge in [0.05, 0.1) is 17.1 Å². The first kappa shape index (κ1) is 13.4. The SMILES string of the molecule is O=C(CCNC1CC1)Nc1cc2c(cc1Cl)NC(=O)C2. The number of hydrogen-bond acceptors (Lipinski definition) is 3. The van der Waals surface area contributed by atoms with Crippen LogP contribution in [-0.4, -0.2) is 24.4 Å². The van der Waals surface area contributed by atoms with Crippen LogP contribution in [-0.2, 0) is 16.0 Å². The van der Waals surface area contributed by atoms with Crippen molar-refractivity contribution >= 4 is 34.8 Å². The number of carbonyl (C=O) groups is 2. The zero-order valence-corrected chi connectivity index (χ0v) is 11.7. The summed E-state index contributed by atoms with van der Waals surface area (Å²) in [6.45, 7) is 0.680. The predicted molar refractivity (Wildman–Crippen MR) is 78.1 cm³/mol. The minimum absolute atomic E-state index is 0.0480. The number of nitrogens with one attached hydrogen (secondary N) is 3. The molecule has 1 saturated carbocycles. The Labute approximate surface area is 122 Å². The fourth-order valence-electron chi connectivity index (χ4n) is 2.23. The van der Waals surface area contributed by atoms with E-state index >= 15 is 0 Å². The summed E-state index contributed by atoms with van der Waals surface area (Å²) in [4.78, 5) is 23.1. The van der Waals surface area contributed by atoms with Crippen molar-refractivity contribution in [1.82, 2.24) is 5.32 Å². The second kappa shape index (κ2) is 5.42. The van der Waals surface area contributed by atoms with Crippen molar-refractivity contribution in [1.29, 1.82) is 0 Å². The lowest BCUT2D eigenvalue weighted by molar-refractivity contribution is -0.116. The minimum Gasteiger partial charge on any atom is -0.325 e. The van der Waals surface area contributed by atoms with E-state index in [0.717, 1.165) is 11.3 Å². The van der Waals surface area contributed by atoms with Crippen LogP contribution in [0.3, 0.4) is 0 Å². The van der Waals surface area contributed by atoms with Gasteiger partial charge in [-0.3, -0.25) is 9.59 Å². The summed E-state index contributed by atoms with van der Waals surface area (Å²) in [6.07, 6.45) is 3.16. The third-order valence-corrected chi connectivity index (χ3v) is 3.77. The van der Waals surface area contributed by atoms with Crippen LogP contribution in [0.1, 0.15) is 24.8 Å². The average molecular weight is 294 g/mol. The first-order valence-corrected chi connectivity index (χ1v) is 7.15. The van der Waals surface area contributed by atoms with Gasteiger partial charge < -0.3 is 16.0 Å². The zero-order chi connectivity index (χ0) is 14.1. The molecule has 0 aromatic heterocycles. The van der Waals surface area contributed by atoms with Crippen LogP contribution in [0, 0.1) is 0 Å². The van der Waals surface area contributed by atoms with Gasteiger partial charge in [0.1, 0.15) is 0 Å². The monoisotopic (exact) mass is 293 g/mol. The van der Waals surface area contributed by atoms with Crippen molar-refractivity contribution in [2.75, 3.05) is 17.2 Å². The highest BCUT2D eigenvalue weighted by atomic mass is 35.5. The van der Waals surface area contributed by atoms with Gasteiger partial charge in [-0.05, 0) is 30.5 Å². The number of hydrogen-bond donors (Lipinski definition) is 3. The lowest BCUT2D eigenvalue weighted by atomic mass is 10.1. The molecule has 0 spiro atoms. The number of anilines is 2. The minimum atomic E-state index is -0.0720. The van der Waals surface area contributed by atoms with Gasteiger partial charge in [0.25, 0.3) is 0 Å². The summed E-state index contributed by atoms with van der Waals surface area (Å²) in [7, 11) is 0. The molecular formula is C14H16ClN3O2. The predicted octanol–water partition coefficient (Wildman–Crippen LogP) is 1.92. The molecule has 1 aliphatic carbocycles. The molecule has 20 heavy (non-hydrogen) atoms. The normalized spacial score (nSPS) is 16.8. The summed E-state index contributed by atoms with van der Waals surface area (Å²) < 4.78 is 0. The summed E-state index contributed by atoms with van der Waals surface area (Å²) >= 11 is 6.11. The molecule has 3 N–H and O–H groups in total.